The van der Waals surface area contributed by atoms with Crippen LogP contribution in [0.1, 0.15) is 34.1 Å². The van der Waals surface area contributed by atoms with E-state index in [0.29, 0.717) is 18.0 Å². The Kier molecular flexibility index (Phi) is 5.22. The second-order valence-corrected chi connectivity index (χ2v) is 3.61. The SMILES string of the molecule is C=CCC(C)C(C)NC(C)C. The van der Waals surface area contributed by atoms with Gasteiger partial charge in [0.15, 0.2) is 0 Å². The highest BCUT2D eigenvalue weighted by molar-refractivity contribution is 4.77. The van der Waals surface area contributed by atoms with Gasteiger partial charge in [-0.2, -0.15) is 0 Å². The standard InChI is InChI=1S/C10H21N/c1-6-7-9(4)10(5)11-8(2)3/h6,8-11H,1,7H2,2-5H3. The second-order valence-electron chi connectivity index (χ2n) is 3.61. The van der Waals surface area contributed by atoms with Crippen molar-refractivity contribution in [3.8, 4) is 0 Å². The molecular weight excluding hydrogens is 134 g/mol. The van der Waals surface area contributed by atoms with Crippen LogP contribution in [0.5, 0.6) is 0 Å². The van der Waals surface area contributed by atoms with Crippen molar-refractivity contribution in [2.45, 2.75) is 46.2 Å². The zero-order chi connectivity index (χ0) is 8.85. The third-order valence-corrected chi connectivity index (χ3v) is 1.99. The minimum atomic E-state index is 0.581. The molecule has 66 valence electrons. The van der Waals surface area contributed by atoms with Gasteiger partial charge in [-0.05, 0) is 19.3 Å². The number of hydrogen-bond donors (Lipinski definition) is 1. The molecule has 0 saturated heterocycles. The summed E-state index contributed by atoms with van der Waals surface area (Å²) in [6.07, 6.45) is 3.09. The summed E-state index contributed by atoms with van der Waals surface area (Å²) >= 11 is 0. The molecule has 0 amide bonds. The second kappa shape index (κ2) is 5.36. The molecular formula is C10H21N. The molecule has 0 rings (SSSR count). The highest BCUT2D eigenvalue weighted by Crippen LogP contribution is 2.08. The fraction of sp³-hybridized carbons (Fsp3) is 0.800. The monoisotopic (exact) mass is 155 g/mol. The van der Waals surface area contributed by atoms with Gasteiger partial charge in [0, 0.05) is 12.1 Å². The van der Waals surface area contributed by atoms with Gasteiger partial charge in [-0.25, -0.2) is 0 Å². The molecule has 0 saturated carbocycles. The van der Waals surface area contributed by atoms with E-state index in [2.05, 4.69) is 39.6 Å². The van der Waals surface area contributed by atoms with Gasteiger partial charge in [0.1, 0.15) is 0 Å². The highest BCUT2D eigenvalue weighted by atomic mass is 14.9. The van der Waals surface area contributed by atoms with Gasteiger partial charge >= 0.3 is 0 Å². The molecule has 0 aromatic carbocycles. The Labute approximate surface area is 70.9 Å². The molecule has 0 aliphatic heterocycles. The van der Waals surface area contributed by atoms with Crippen molar-refractivity contribution in [2.75, 3.05) is 0 Å². The number of nitrogens with one attached hydrogen (secondary N) is 1. The van der Waals surface area contributed by atoms with Crippen LogP contribution in [0.15, 0.2) is 12.7 Å². The molecule has 0 heterocycles. The van der Waals surface area contributed by atoms with Crippen molar-refractivity contribution in [3.05, 3.63) is 12.7 Å². The maximum atomic E-state index is 3.73. The molecule has 0 aromatic rings. The maximum absolute atomic E-state index is 3.73. The predicted molar refractivity (Wildman–Crippen MR) is 51.7 cm³/mol. The van der Waals surface area contributed by atoms with E-state index in [1.807, 2.05) is 6.08 Å². The Morgan fingerprint density at radius 1 is 1.27 bits per heavy atom. The zero-order valence-corrected chi connectivity index (χ0v) is 8.22. The van der Waals surface area contributed by atoms with E-state index >= 15 is 0 Å². The van der Waals surface area contributed by atoms with E-state index in [0.717, 1.165) is 6.42 Å². The average molecular weight is 155 g/mol. The third kappa shape index (κ3) is 5.02. The molecule has 11 heavy (non-hydrogen) atoms. The van der Waals surface area contributed by atoms with Crippen LogP contribution in [0.3, 0.4) is 0 Å². The topological polar surface area (TPSA) is 12.0 Å². The summed E-state index contributed by atoms with van der Waals surface area (Å²) in [7, 11) is 0. The number of hydrogen-bond acceptors (Lipinski definition) is 1. The van der Waals surface area contributed by atoms with Gasteiger partial charge in [0.25, 0.3) is 0 Å². The fourth-order valence-electron chi connectivity index (χ4n) is 1.16. The summed E-state index contributed by atoms with van der Waals surface area (Å²) in [6.45, 7) is 12.6. The van der Waals surface area contributed by atoms with Crippen LogP contribution in [0.4, 0.5) is 0 Å². The van der Waals surface area contributed by atoms with Crippen LogP contribution in [0, 0.1) is 5.92 Å². The van der Waals surface area contributed by atoms with E-state index in [9.17, 15) is 0 Å². The van der Waals surface area contributed by atoms with Crippen LogP contribution in [-0.4, -0.2) is 12.1 Å². The first-order valence-corrected chi connectivity index (χ1v) is 4.44. The summed E-state index contributed by atoms with van der Waals surface area (Å²) in [6, 6.07) is 1.17. The van der Waals surface area contributed by atoms with Crippen molar-refractivity contribution in [1.29, 1.82) is 0 Å². The van der Waals surface area contributed by atoms with E-state index in [1.54, 1.807) is 0 Å². The summed E-state index contributed by atoms with van der Waals surface area (Å²) in [5.41, 5.74) is 0. The van der Waals surface area contributed by atoms with Gasteiger partial charge < -0.3 is 5.32 Å². The Morgan fingerprint density at radius 3 is 2.18 bits per heavy atom. The largest absolute Gasteiger partial charge is 0.312 e. The van der Waals surface area contributed by atoms with E-state index < -0.39 is 0 Å². The lowest BCUT2D eigenvalue weighted by Gasteiger charge is -2.22. The smallest absolute Gasteiger partial charge is 0.00696 e. The molecule has 0 aliphatic rings. The normalized spacial score (nSPS) is 16.5. The first kappa shape index (κ1) is 10.7. The summed E-state index contributed by atoms with van der Waals surface area (Å²) in [4.78, 5) is 0. The van der Waals surface area contributed by atoms with Gasteiger partial charge in [-0.3, -0.25) is 0 Å². The zero-order valence-electron chi connectivity index (χ0n) is 8.22. The molecule has 2 unspecified atom stereocenters. The number of rotatable bonds is 5. The predicted octanol–water partition coefficient (Wildman–Crippen LogP) is 2.59. The minimum absolute atomic E-state index is 0.581. The Balaban J connectivity index is 3.62. The van der Waals surface area contributed by atoms with Crippen LogP contribution in [0.25, 0.3) is 0 Å². The Bertz CT molecular complexity index is 107. The molecule has 1 heteroatoms. The molecule has 0 aromatic heterocycles. The van der Waals surface area contributed by atoms with Crippen molar-refractivity contribution >= 4 is 0 Å². The highest BCUT2D eigenvalue weighted by Gasteiger charge is 2.10. The van der Waals surface area contributed by atoms with Gasteiger partial charge in [-0.15, -0.1) is 6.58 Å². The number of allylic oxidation sites excluding steroid dienone is 1. The van der Waals surface area contributed by atoms with Gasteiger partial charge in [0.2, 0.25) is 0 Å². The lowest BCUT2D eigenvalue weighted by atomic mass is 9.99. The van der Waals surface area contributed by atoms with Crippen molar-refractivity contribution in [1.82, 2.24) is 5.32 Å². The van der Waals surface area contributed by atoms with Crippen molar-refractivity contribution in [3.63, 3.8) is 0 Å². The van der Waals surface area contributed by atoms with Gasteiger partial charge in [0.05, 0.1) is 0 Å². The molecule has 0 radical (unpaired) electrons. The van der Waals surface area contributed by atoms with E-state index in [4.69, 9.17) is 0 Å². The maximum Gasteiger partial charge on any atom is 0.00696 e. The Hall–Kier alpha value is -0.300. The summed E-state index contributed by atoms with van der Waals surface area (Å²) in [5.74, 6) is 0.690. The first-order chi connectivity index (χ1) is 5.07. The minimum Gasteiger partial charge on any atom is -0.312 e. The Morgan fingerprint density at radius 2 is 1.82 bits per heavy atom. The van der Waals surface area contributed by atoms with Crippen molar-refractivity contribution < 1.29 is 0 Å². The quantitative estimate of drug-likeness (QED) is 0.602. The van der Waals surface area contributed by atoms with Crippen LogP contribution in [0.2, 0.25) is 0 Å². The molecule has 2 atom stereocenters. The lowest BCUT2D eigenvalue weighted by molar-refractivity contribution is 0.376. The molecule has 1 nitrogen and oxygen atoms in total. The molecule has 0 bridgehead atoms. The summed E-state index contributed by atoms with van der Waals surface area (Å²) in [5, 5.41) is 3.48. The average Bonchev–Trinajstić information content (AvgIpc) is 1.86. The lowest BCUT2D eigenvalue weighted by Crippen LogP contribution is -2.36. The van der Waals surface area contributed by atoms with Gasteiger partial charge in [-0.1, -0.05) is 26.8 Å². The van der Waals surface area contributed by atoms with Crippen LogP contribution in [-0.2, 0) is 0 Å². The van der Waals surface area contributed by atoms with Crippen LogP contribution < -0.4 is 5.32 Å². The molecule has 0 aliphatic carbocycles. The van der Waals surface area contributed by atoms with E-state index in [-0.39, 0.29) is 0 Å². The fourth-order valence-corrected chi connectivity index (χ4v) is 1.16. The molecule has 1 N–H and O–H groups in total. The first-order valence-electron chi connectivity index (χ1n) is 4.44. The summed E-state index contributed by atoms with van der Waals surface area (Å²) < 4.78 is 0. The third-order valence-electron chi connectivity index (χ3n) is 1.99. The molecule has 0 spiro atoms. The van der Waals surface area contributed by atoms with Crippen molar-refractivity contribution in [2.24, 2.45) is 5.92 Å². The van der Waals surface area contributed by atoms with E-state index in [1.165, 1.54) is 0 Å². The van der Waals surface area contributed by atoms with Crippen LogP contribution >= 0.6 is 0 Å². The molecule has 0 fully saturated rings.